The molecule has 0 amide bonds. The molecule has 0 aliphatic rings. The molecular formula is C11H12N2O. The third-order valence-corrected chi connectivity index (χ3v) is 2.19. The van der Waals surface area contributed by atoms with Crippen molar-refractivity contribution in [2.45, 2.75) is 13.8 Å². The van der Waals surface area contributed by atoms with Gasteiger partial charge in [0.2, 0.25) is 5.89 Å². The van der Waals surface area contributed by atoms with E-state index in [1.807, 2.05) is 26.0 Å². The van der Waals surface area contributed by atoms with Crippen LogP contribution in [0.4, 0.5) is 5.69 Å². The second-order valence-corrected chi connectivity index (χ2v) is 3.38. The lowest BCUT2D eigenvalue weighted by atomic mass is 10.0. The Morgan fingerprint density at radius 3 is 2.71 bits per heavy atom. The van der Waals surface area contributed by atoms with Crippen LogP contribution in [-0.4, -0.2) is 4.98 Å². The van der Waals surface area contributed by atoms with Crippen LogP contribution in [0.2, 0.25) is 0 Å². The third-order valence-electron chi connectivity index (χ3n) is 2.19. The molecule has 72 valence electrons. The summed E-state index contributed by atoms with van der Waals surface area (Å²) in [6, 6.07) is 4.02. The standard InChI is InChI=1S/C11H12N2O/c1-7-5-8(2)10(12)9(6-7)11-13-3-4-14-11/h3-6H,12H2,1-2H3. The van der Waals surface area contributed by atoms with Crippen molar-refractivity contribution in [2.24, 2.45) is 0 Å². The fourth-order valence-electron chi connectivity index (χ4n) is 1.51. The molecule has 14 heavy (non-hydrogen) atoms. The van der Waals surface area contributed by atoms with E-state index in [9.17, 15) is 0 Å². The first-order chi connectivity index (χ1) is 6.68. The van der Waals surface area contributed by atoms with Crippen molar-refractivity contribution in [1.29, 1.82) is 0 Å². The lowest BCUT2D eigenvalue weighted by Crippen LogP contribution is -1.94. The zero-order chi connectivity index (χ0) is 10.1. The van der Waals surface area contributed by atoms with Crippen LogP contribution in [0.15, 0.2) is 29.0 Å². The Labute approximate surface area is 82.6 Å². The lowest BCUT2D eigenvalue weighted by Gasteiger charge is -2.06. The molecular weight excluding hydrogens is 176 g/mol. The van der Waals surface area contributed by atoms with Crippen molar-refractivity contribution in [3.63, 3.8) is 0 Å². The second kappa shape index (κ2) is 3.18. The second-order valence-electron chi connectivity index (χ2n) is 3.38. The highest BCUT2D eigenvalue weighted by atomic mass is 16.3. The number of aromatic nitrogens is 1. The van der Waals surface area contributed by atoms with Gasteiger partial charge < -0.3 is 10.2 Å². The molecule has 1 aromatic heterocycles. The van der Waals surface area contributed by atoms with Gasteiger partial charge in [0, 0.05) is 5.69 Å². The van der Waals surface area contributed by atoms with E-state index in [4.69, 9.17) is 10.2 Å². The minimum Gasteiger partial charge on any atom is -0.444 e. The molecule has 0 fully saturated rings. The van der Waals surface area contributed by atoms with Crippen molar-refractivity contribution in [3.05, 3.63) is 35.7 Å². The van der Waals surface area contributed by atoms with Crippen molar-refractivity contribution in [2.75, 3.05) is 5.73 Å². The van der Waals surface area contributed by atoms with Crippen LogP contribution >= 0.6 is 0 Å². The van der Waals surface area contributed by atoms with Gasteiger partial charge in [-0.3, -0.25) is 0 Å². The van der Waals surface area contributed by atoms with E-state index in [-0.39, 0.29) is 0 Å². The molecule has 1 heterocycles. The zero-order valence-corrected chi connectivity index (χ0v) is 8.24. The lowest BCUT2D eigenvalue weighted by molar-refractivity contribution is 0.575. The highest BCUT2D eigenvalue weighted by Crippen LogP contribution is 2.28. The van der Waals surface area contributed by atoms with E-state index in [0.717, 1.165) is 22.4 Å². The number of anilines is 1. The predicted octanol–water partition coefficient (Wildman–Crippen LogP) is 2.54. The predicted molar refractivity (Wildman–Crippen MR) is 55.8 cm³/mol. The van der Waals surface area contributed by atoms with Crippen molar-refractivity contribution in [3.8, 4) is 11.5 Å². The molecule has 0 bridgehead atoms. The highest BCUT2D eigenvalue weighted by molar-refractivity contribution is 5.74. The SMILES string of the molecule is Cc1cc(C)c(N)c(-c2ncco2)c1. The Kier molecular flexibility index (Phi) is 2.00. The van der Waals surface area contributed by atoms with Crippen LogP contribution in [0.5, 0.6) is 0 Å². The molecule has 0 radical (unpaired) electrons. The molecule has 0 aliphatic carbocycles. The summed E-state index contributed by atoms with van der Waals surface area (Å²) in [6.07, 6.45) is 3.17. The van der Waals surface area contributed by atoms with Gasteiger partial charge in [-0.05, 0) is 31.0 Å². The molecule has 3 nitrogen and oxygen atoms in total. The number of hydrogen-bond donors (Lipinski definition) is 1. The average molecular weight is 188 g/mol. The van der Waals surface area contributed by atoms with Crippen LogP contribution in [0, 0.1) is 13.8 Å². The van der Waals surface area contributed by atoms with Gasteiger partial charge in [0.15, 0.2) is 0 Å². The van der Waals surface area contributed by atoms with Crippen LogP contribution < -0.4 is 5.73 Å². The van der Waals surface area contributed by atoms with E-state index in [1.165, 1.54) is 0 Å². The average Bonchev–Trinajstić information content (AvgIpc) is 2.63. The first-order valence-electron chi connectivity index (χ1n) is 4.45. The Hall–Kier alpha value is -1.77. The number of nitrogens with two attached hydrogens (primary N) is 1. The van der Waals surface area contributed by atoms with Gasteiger partial charge in [-0.2, -0.15) is 0 Å². The third kappa shape index (κ3) is 1.37. The van der Waals surface area contributed by atoms with Gasteiger partial charge in [-0.1, -0.05) is 6.07 Å². The summed E-state index contributed by atoms with van der Waals surface area (Å²) >= 11 is 0. The fourth-order valence-corrected chi connectivity index (χ4v) is 1.51. The van der Waals surface area contributed by atoms with Gasteiger partial charge in [-0.25, -0.2) is 4.98 Å². The summed E-state index contributed by atoms with van der Waals surface area (Å²) in [5.41, 5.74) is 9.76. The van der Waals surface area contributed by atoms with Gasteiger partial charge in [0.1, 0.15) is 6.26 Å². The Balaban J connectivity index is 2.64. The molecule has 2 rings (SSSR count). The van der Waals surface area contributed by atoms with Crippen LogP contribution in [0.25, 0.3) is 11.5 Å². The molecule has 2 aromatic rings. The summed E-state index contributed by atoms with van der Waals surface area (Å²) in [7, 11) is 0. The Morgan fingerprint density at radius 2 is 2.07 bits per heavy atom. The van der Waals surface area contributed by atoms with E-state index >= 15 is 0 Å². The number of benzene rings is 1. The van der Waals surface area contributed by atoms with E-state index in [2.05, 4.69) is 4.98 Å². The molecule has 0 spiro atoms. The monoisotopic (exact) mass is 188 g/mol. The fraction of sp³-hybridized carbons (Fsp3) is 0.182. The van der Waals surface area contributed by atoms with Gasteiger partial charge in [0.05, 0.1) is 11.8 Å². The maximum absolute atomic E-state index is 5.94. The van der Waals surface area contributed by atoms with Gasteiger partial charge in [0.25, 0.3) is 0 Å². The zero-order valence-electron chi connectivity index (χ0n) is 8.24. The Bertz CT molecular complexity index is 447. The van der Waals surface area contributed by atoms with Gasteiger partial charge >= 0.3 is 0 Å². The summed E-state index contributed by atoms with van der Waals surface area (Å²) in [6.45, 7) is 4.01. The van der Waals surface area contributed by atoms with E-state index in [1.54, 1.807) is 12.5 Å². The van der Waals surface area contributed by atoms with Gasteiger partial charge in [-0.15, -0.1) is 0 Å². The summed E-state index contributed by atoms with van der Waals surface area (Å²) in [5.74, 6) is 0.578. The first-order valence-corrected chi connectivity index (χ1v) is 4.45. The molecule has 3 heteroatoms. The first kappa shape index (κ1) is 8.81. The molecule has 0 unspecified atom stereocenters. The maximum Gasteiger partial charge on any atom is 0.227 e. The summed E-state index contributed by atoms with van der Waals surface area (Å²) < 4.78 is 5.22. The van der Waals surface area contributed by atoms with Crippen LogP contribution in [-0.2, 0) is 0 Å². The van der Waals surface area contributed by atoms with Crippen molar-refractivity contribution < 1.29 is 4.42 Å². The molecule has 1 aromatic carbocycles. The van der Waals surface area contributed by atoms with Crippen LogP contribution in [0.3, 0.4) is 0 Å². The molecule has 0 aliphatic heterocycles. The van der Waals surface area contributed by atoms with Crippen molar-refractivity contribution >= 4 is 5.69 Å². The smallest absolute Gasteiger partial charge is 0.227 e. The normalized spacial score (nSPS) is 10.4. The molecule has 2 N–H and O–H groups in total. The molecule has 0 atom stereocenters. The van der Waals surface area contributed by atoms with E-state index in [0.29, 0.717) is 5.89 Å². The quantitative estimate of drug-likeness (QED) is 0.699. The topological polar surface area (TPSA) is 52.0 Å². The van der Waals surface area contributed by atoms with Crippen LogP contribution in [0.1, 0.15) is 11.1 Å². The minimum atomic E-state index is 0.578. The number of rotatable bonds is 1. The number of nitrogens with zero attached hydrogens (tertiary/aromatic N) is 1. The number of nitrogen functional groups attached to an aromatic ring is 1. The summed E-state index contributed by atoms with van der Waals surface area (Å²) in [4.78, 5) is 4.08. The number of hydrogen-bond acceptors (Lipinski definition) is 3. The minimum absolute atomic E-state index is 0.578. The highest BCUT2D eigenvalue weighted by Gasteiger charge is 2.09. The van der Waals surface area contributed by atoms with Crippen molar-refractivity contribution in [1.82, 2.24) is 4.98 Å². The Morgan fingerprint density at radius 1 is 1.29 bits per heavy atom. The maximum atomic E-state index is 5.94. The molecule has 0 saturated carbocycles. The largest absolute Gasteiger partial charge is 0.444 e. The van der Waals surface area contributed by atoms with E-state index < -0.39 is 0 Å². The number of oxazole rings is 1. The summed E-state index contributed by atoms with van der Waals surface area (Å²) in [5, 5.41) is 0. The molecule has 0 saturated heterocycles. The number of aryl methyl sites for hydroxylation is 2.